The minimum atomic E-state index is -1.42. The molecule has 2 rings (SSSR count). The Labute approximate surface area is 174 Å². The number of rotatable bonds is 3. The predicted molar refractivity (Wildman–Crippen MR) is 84.4 cm³/mol. The molecule has 1 aromatic carbocycles. The van der Waals surface area contributed by atoms with Crippen LogP contribution < -0.4 is 4.74 Å². The molecule has 129 valence electrons. The van der Waals surface area contributed by atoms with E-state index in [-0.39, 0.29) is 86.6 Å². The normalized spacial score (nSPS) is 8.62. The first-order chi connectivity index (χ1) is 9.49. The Kier molecular flexibility index (Phi) is 12.9. The van der Waals surface area contributed by atoms with E-state index in [1.165, 1.54) is 7.11 Å². The molecule has 0 bridgehead atoms. The molecule has 0 saturated carbocycles. The van der Waals surface area contributed by atoms with Crippen molar-refractivity contribution in [1.82, 2.24) is 4.57 Å². The zero-order valence-corrected chi connectivity index (χ0v) is 16.9. The summed E-state index contributed by atoms with van der Waals surface area (Å²) in [7, 11) is 1.22. The van der Waals surface area contributed by atoms with Gasteiger partial charge in [0.25, 0.3) is 0 Å². The SMILES string of the molecule is COc1c(C=O)cn(C(=O)O)c1-c1ccc(F)cc1F.[CH3-].[CH3-].[CH3-].[Ce+3]. The van der Waals surface area contributed by atoms with Crippen molar-refractivity contribution in [1.29, 1.82) is 0 Å². The van der Waals surface area contributed by atoms with E-state index >= 15 is 0 Å². The number of benzene rings is 1. The van der Waals surface area contributed by atoms with Crippen molar-refractivity contribution < 1.29 is 70.0 Å². The Balaban J connectivity index is -0.00000110. The first-order valence-electron chi connectivity index (χ1n) is 5.42. The maximum Gasteiger partial charge on any atom is 3.00 e. The number of hydrogen-bond acceptors (Lipinski definition) is 3. The van der Waals surface area contributed by atoms with Crippen molar-refractivity contribution in [3.63, 3.8) is 0 Å². The molecule has 1 radical (unpaired) electrons. The first-order valence-corrected chi connectivity index (χ1v) is 5.42. The number of aldehydes is 1. The molecule has 0 aliphatic rings. The number of methoxy groups -OCH3 is 1. The Hall–Kier alpha value is -1.32. The molecule has 0 amide bonds. The Bertz CT molecular complexity index is 702. The molecule has 24 heavy (non-hydrogen) atoms. The molecule has 2 aromatic rings. The minimum Gasteiger partial charge on any atom is -0.494 e. The zero-order chi connectivity index (χ0) is 14.9. The maximum absolute atomic E-state index is 13.8. The van der Waals surface area contributed by atoms with Gasteiger partial charge in [0.05, 0.1) is 12.7 Å². The molecule has 1 N–H and O–H groups in total. The minimum absolute atomic E-state index is 0. The second-order valence-corrected chi connectivity index (χ2v) is 3.86. The van der Waals surface area contributed by atoms with Crippen LogP contribution >= 0.6 is 0 Å². The number of ether oxygens (including phenoxy) is 1. The fourth-order valence-electron chi connectivity index (χ4n) is 1.89. The quantitative estimate of drug-likeness (QED) is 0.546. The summed E-state index contributed by atoms with van der Waals surface area (Å²) in [5.74, 6) is -1.84. The van der Waals surface area contributed by atoms with Crippen LogP contribution in [0.4, 0.5) is 13.6 Å². The van der Waals surface area contributed by atoms with Crippen molar-refractivity contribution in [3.05, 3.63) is 63.9 Å². The van der Waals surface area contributed by atoms with Crippen LogP contribution in [0.15, 0.2) is 24.4 Å². The summed E-state index contributed by atoms with van der Waals surface area (Å²) >= 11 is 0. The van der Waals surface area contributed by atoms with E-state index in [9.17, 15) is 18.4 Å². The van der Waals surface area contributed by atoms with Gasteiger partial charge in [-0.3, -0.25) is 4.79 Å². The van der Waals surface area contributed by atoms with Gasteiger partial charge in [0.15, 0.2) is 12.0 Å². The Morgan fingerprint density at radius 2 is 1.83 bits per heavy atom. The number of halogens is 2. The first kappa shape index (κ1) is 27.5. The van der Waals surface area contributed by atoms with Gasteiger partial charge in [0, 0.05) is 17.8 Å². The molecule has 0 fully saturated rings. The van der Waals surface area contributed by atoms with E-state index in [4.69, 9.17) is 9.84 Å². The Morgan fingerprint density at radius 1 is 1.25 bits per heavy atom. The maximum atomic E-state index is 13.8. The summed E-state index contributed by atoms with van der Waals surface area (Å²) < 4.78 is 32.4. The van der Waals surface area contributed by atoms with Crippen LogP contribution in [-0.2, 0) is 0 Å². The number of carbonyl (C=O) groups is 2. The van der Waals surface area contributed by atoms with Crippen LogP contribution in [0.1, 0.15) is 10.4 Å². The van der Waals surface area contributed by atoms with Crippen LogP contribution in [-0.4, -0.2) is 29.2 Å². The van der Waals surface area contributed by atoms with Gasteiger partial charge >= 0.3 is 47.8 Å². The summed E-state index contributed by atoms with van der Waals surface area (Å²) in [5, 5.41) is 9.10. The number of hydrogen-bond donors (Lipinski definition) is 1. The molecule has 1 aromatic heterocycles. The summed E-state index contributed by atoms with van der Waals surface area (Å²) in [5.41, 5.74) is -0.396. The standard InChI is InChI=1S/C13H9F2NO4.3CH3.Ce/c1-20-12-7(6-17)5-16(13(18)19)11(12)9-3-2-8(14)4-10(9)15;;;;/h2-6H,1H3,(H,18,19);3*1H3;/q;3*-1;+3. The fourth-order valence-corrected chi connectivity index (χ4v) is 1.89. The molecule has 0 unspecified atom stereocenters. The predicted octanol–water partition coefficient (Wildman–Crippen LogP) is 4.13. The van der Waals surface area contributed by atoms with Crippen molar-refractivity contribution in [2.45, 2.75) is 0 Å². The van der Waals surface area contributed by atoms with E-state index in [0.717, 1.165) is 18.3 Å². The number of carboxylic acid groups (broad SMARTS) is 1. The van der Waals surface area contributed by atoms with Gasteiger partial charge in [-0.2, -0.15) is 0 Å². The van der Waals surface area contributed by atoms with Gasteiger partial charge in [-0.05, 0) is 12.1 Å². The van der Waals surface area contributed by atoms with E-state index in [2.05, 4.69) is 0 Å². The molecular formula is C16H18CeF2NO4. The van der Waals surface area contributed by atoms with Gasteiger partial charge in [-0.15, -0.1) is 0 Å². The number of carbonyl (C=O) groups excluding carboxylic acids is 1. The van der Waals surface area contributed by atoms with Crippen LogP contribution in [0.3, 0.4) is 0 Å². The van der Waals surface area contributed by atoms with Crippen molar-refractivity contribution in [2.24, 2.45) is 0 Å². The van der Waals surface area contributed by atoms with Crippen LogP contribution in [0, 0.1) is 75.7 Å². The third-order valence-corrected chi connectivity index (χ3v) is 2.71. The van der Waals surface area contributed by atoms with Gasteiger partial charge in [-0.1, -0.05) is 0 Å². The smallest absolute Gasteiger partial charge is 0.494 e. The van der Waals surface area contributed by atoms with Crippen LogP contribution in [0.5, 0.6) is 5.75 Å². The van der Waals surface area contributed by atoms with Gasteiger partial charge in [0.2, 0.25) is 0 Å². The van der Waals surface area contributed by atoms with Crippen molar-refractivity contribution in [3.8, 4) is 17.0 Å². The van der Waals surface area contributed by atoms with Crippen molar-refractivity contribution in [2.75, 3.05) is 7.11 Å². The number of aromatic nitrogens is 1. The van der Waals surface area contributed by atoms with Gasteiger partial charge in [0.1, 0.15) is 17.3 Å². The topological polar surface area (TPSA) is 68.5 Å². The summed E-state index contributed by atoms with van der Waals surface area (Å²) in [6.45, 7) is 0. The zero-order valence-electron chi connectivity index (χ0n) is 13.8. The second kappa shape index (κ2) is 11.3. The fraction of sp³-hybridized carbons (Fsp3) is 0.0625. The van der Waals surface area contributed by atoms with E-state index in [1.807, 2.05) is 0 Å². The number of nitrogens with zero attached hydrogens (tertiary/aromatic N) is 1. The third kappa shape index (κ3) is 5.09. The monoisotopic (exact) mass is 466 g/mol. The molecular weight excluding hydrogens is 448 g/mol. The average molecular weight is 466 g/mol. The van der Waals surface area contributed by atoms with E-state index < -0.39 is 17.7 Å². The van der Waals surface area contributed by atoms with E-state index in [1.54, 1.807) is 0 Å². The van der Waals surface area contributed by atoms with Crippen LogP contribution in [0.2, 0.25) is 0 Å². The van der Waals surface area contributed by atoms with Crippen LogP contribution in [0.25, 0.3) is 11.3 Å². The van der Waals surface area contributed by atoms with Crippen molar-refractivity contribution >= 4 is 12.4 Å². The van der Waals surface area contributed by atoms with E-state index in [0.29, 0.717) is 16.9 Å². The Morgan fingerprint density at radius 3 is 2.25 bits per heavy atom. The molecule has 0 spiro atoms. The second-order valence-electron chi connectivity index (χ2n) is 3.86. The third-order valence-electron chi connectivity index (χ3n) is 2.71. The van der Waals surface area contributed by atoms with Gasteiger partial charge in [-0.25, -0.2) is 18.1 Å². The molecule has 0 aliphatic carbocycles. The molecule has 1 heterocycles. The molecule has 0 aliphatic heterocycles. The average Bonchev–Trinajstić information content (AvgIpc) is 2.77. The summed E-state index contributed by atoms with van der Waals surface area (Å²) in [4.78, 5) is 22.1. The molecule has 0 atom stereocenters. The van der Waals surface area contributed by atoms with Gasteiger partial charge < -0.3 is 32.1 Å². The molecule has 0 saturated heterocycles. The molecule has 8 heteroatoms. The summed E-state index contributed by atoms with van der Waals surface area (Å²) in [6.07, 6.45) is -0.0229. The molecule has 5 nitrogen and oxygen atoms in total. The summed E-state index contributed by atoms with van der Waals surface area (Å²) in [6, 6.07) is 2.68. The largest absolute Gasteiger partial charge is 3.00 e.